The van der Waals surface area contributed by atoms with Gasteiger partial charge in [-0.05, 0) is 10.9 Å². The van der Waals surface area contributed by atoms with Crippen LogP contribution in [0.1, 0.15) is 122 Å². The number of hydrogen-bond acceptors (Lipinski definition) is 6. The second-order valence-corrected chi connectivity index (χ2v) is 8.99. The van der Waals surface area contributed by atoms with E-state index in [1.165, 1.54) is 83.5 Å². The molecule has 29 heavy (non-hydrogen) atoms. The normalized spacial score (nSPS) is 13.3. The molecule has 1 unspecified atom stereocenters. The third kappa shape index (κ3) is 19.2. The van der Waals surface area contributed by atoms with E-state index in [4.69, 9.17) is 0 Å². The molecule has 6 nitrogen and oxygen atoms in total. The molecule has 0 saturated carbocycles. The molecule has 0 aliphatic heterocycles. The zero-order valence-electron chi connectivity index (χ0n) is 18.5. The monoisotopic (exact) mass is 440 g/mol. The predicted octanol–water partition coefficient (Wildman–Crippen LogP) is 8.16. The molecule has 8 heteroatoms. The van der Waals surface area contributed by atoms with Crippen molar-refractivity contribution in [1.29, 1.82) is 0 Å². The van der Waals surface area contributed by atoms with Crippen molar-refractivity contribution in [2.24, 2.45) is 0 Å². The van der Waals surface area contributed by atoms with Crippen molar-refractivity contribution in [2.45, 2.75) is 122 Å². The van der Waals surface area contributed by atoms with Gasteiger partial charge in [0.25, 0.3) is 0 Å². The van der Waals surface area contributed by atoms with Gasteiger partial charge in [-0.2, -0.15) is 0 Å². The van der Waals surface area contributed by atoms with Gasteiger partial charge in [-0.3, -0.25) is 4.79 Å². The van der Waals surface area contributed by atoms with E-state index in [0.717, 1.165) is 26.4 Å². The van der Waals surface area contributed by atoms with Gasteiger partial charge in [0, 0.05) is 6.42 Å². The summed E-state index contributed by atoms with van der Waals surface area (Å²) in [6.45, 7) is 2.26. The van der Waals surface area contributed by atoms with Gasteiger partial charge in [0.2, 0.25) is 0 Å². The number of halogens is 1. The molecule has 0 rings (SSSR count). The second kappa shape index (κ2) is 20.8. The minimum Gasteiger partial charge on any atom is -0.367 e. The molecule has 0 fully saturated rings. The average Bonchev–Trinajstić information content (AvgIpc) is 2.70. The quantitative estimate of drug-likeness (QED) is 0.0732. The fourth-order valence-corrected chi connectivity index (χ4v) is 3.90. The third-order valence-corrected chi connectivity index (χ3v) is 5.88. The Morgan fingerprint density at radius 1 is 0.724 bits per heavy atom. The maximum absolute atomic E-state index is 12.1. The van der Waals surface area contributed by atoms with Crippen molar-refractivity contribution < 1.29 is 32.7 Å². The number of unbranched alkanes of at least 4 members (excludes halogenated alkanes) is 16. The molecular weight excluding hydrogens is 398 g/mol. The standard InChI is InChI=1S/C21H42FO6P/c1-3-4-5-6-7-8-9-10-11-12-13-14-15-16-17-18-19-20-21(23)26-29(24,27-22)28-25-2/h3-20H2,1-2H3. The highest BCUT2D eigenvalue weighted by molar-refractivity contribution is 7.48. The van der Waals surface area contributed by atoms with Crippen molar-refractivity contribution in [3.8, 4) is 0 Å². The molecule has 1 atom stereocenters. The van der Waals surface area contributed by atoms with Gasteiger partial charge in [0.05, 0.1) is 7.11 Å². The first-order chi connectivity index (χ1) is 14.1. The van der Waals surface area contributed by atoms with Crippen LogP contribution in [-0.4, -0.2) is 13.1 Å². The lowest BCUT2D eigenvalue weighted by Crippen LogP contribution is -2.05. The molecule has 0 aromatic rings. The minimum absolute atomic E-state index is 0.0407. The van der Waals surface area contributed by atoms with Crippen LogP contribution in [-0.2, 0) is 28.2 Å². The van der Waals surface area contributed by atoms with Gasteiger partial charge in [0.15, 0.2) is 0 Å². The molecule has 0 amide bonds. The van der Waals surface area contributed by atoms with Gasteiger partial charge in [0.1, 0.15) is 0 Å². The van der Waals surface area contributed by atoms with Gasteiger partial charge in [-0.25, -0.2) is 9.45 Å². The zero-order valence-corrected chi connectivity index (χ0v) is 19.4. The molecule has 0 saturated heterocycles. The number of carbonyl (C=O) groups excluding carboxylic acids is 1. The Kier molecular flexibility index (Phi) is 20.4. The van der Waals surface area contributed by atoms with Gasteiger partial charge < -0.3 is 4.52 Å². The summed E-state index contributed by atoms with van der Waals surface area (Å²) in [5.74, 6) is -0.830. The number of phosphoric acid groups is 1. The van der Waals surface area contributed by atoms with E-state index < -0.39 is 13.8 Å². The van der Waals surface area contributed by atoms with E-state index >= 15 is 0 Å². The van der Waals surface area contributed by atoms with Crippen molar-refractivity contribution in [2.75, 3.05) is 7.11 Å². The summed E-state index contributed by atoms with van der Waals surface area (Å²) in [7, 11) is -3.58. The fraction of sp³-hybridized carbons (Fsp3) is 0.952. The highest BCUT2D eigenvalue weighted by Gasteiger charge is 2.34. The molecule has 174 valence electrons. The van der Waals surface area contributed by atoms with Crippen LogP contribution < -0.4 is 0 Å². The van der Waals surface area contributed by atoms with Crippen LogP contribution in [0.3, 0.4) is 0 Å². The molecule has 0 spiro atoms. The molecule has 0 aromatic heterocycles. The third-order valence-electron chi connectivity index (χ3n) is 4.95. The highest BCUT2D eigenvalue weighted by Crippen LogP contribution is 2.50. The van der Waals surface area contributed by atoms with Crippen LogP contribution in [0.25, 0.3) is 0 Å². The van der Waals surface area contributed by atoms with Gasteiger partial charge in [-0.15, -0.1) is 4.67 Å². The second-order valence-electron chi connectivity index (χ2n) is 7.63. The average molecular weight is 441 g/mol. The number of rotatable bonds is 22. The van der Waals surface area contributed by atoms with Crippen molar-refractivity contribution >= 4 is 13.8 Å². The van der Waals surface area contributed by atoms with E-state index in [0.29, 0.717) is 6.42 Å². The molecule has 0 aliphatic carbocycles. The van der Waals surface area contributed by atoms with Crippen molar-refractivity contribution in [1.82, 2.24) is 0 Å². The van der Waals surface area contributed by atoms with Gasteiger partial charge >= 0.3 is 13.8 Å². The van der Waals surface area contributed by atoms with E-state index in [2.05, 4.69) is 25.7 Å². The highest BCUT2D eigenvalue weighted by atomic mass is 31.2. The van der Waals surface area contributed by atoms with Crippen molar-refractivity contribution in [3.63, 3.8) is 0 Å². The van der Waals surface area contributed by atoms with E-state index in [-0.39, 0.29) is 6.42 Å². The summed E-state index contributed by atoms with van der Waals surface area (Å²) in [6, 6.07) is 0. The van der Waals surface area contributed by atoms with E-state index in [1.54, 1.807) is 0 Å². The molecule has 0 aliphatic rings. The maximum Gasteiger partial charge on any atom is 0.591 e. The Morgan fingerprint density at radius 3 is 1.45 bits per heavy atom. The van der Waals surface area contributed by atoms with Crippen LogP contribution in [0.4, 0.5) is 4.53 Å². The Morgan fingerprint density at radius 2 is 1.10 bits per heavy atom. The van der Waals surface area contributed by atoms with Crippen LogP contribution in [0.5, 0.6) is 0 Å². The van der Waals surface area contributed by atoms with Crippen molar-refractivity contribution in [3.05, 3.63) is 0 Å². The first-order valence-electron chi connectivity index (χ1n) is 11.4. The topological polar surface area (TPSA) is 71.1 Å². The number of hydrogen-bond donors (Lipinski definition) is 0. The fourth-order valence-electron chi connectivity index (χ4n) is 3.30. The molecule has 0 radical (unpaired) electrons. The number of carbonyl (C=O) groups is 1. The largest absolute Gasteiger partial charge is 0.591 e. The van der Waals surface area contributed by atoms with Crippen LogP contribution >= 0.6 is 7.82 Å². The molecule has 0 heterocycles. The van der Waals surface area contributed by atoms with Crippen LogP contribution in [0.15, 0.2) is 0 Å². The summed E-state index contributed by atoms with van der Waals surface area (Å²) in [5, 5.41) is 0. The first kappa shape index (κ1) is 28.5. The Hall–Kier alpha value is -0.490. The Bertz CT molecular complexity index is 422. The minimum atomic E-state index is -4.59. The van der Waals surface area contributed by atoms with E-state index in [9.17, 15) is 13.9 Å². The molecule has 0 N–H and O–H groups in total. The molecular formula is C21H42FO6P. The van der Waals surface area contributed by atoms with E-state index in [1.807, 2.05) is 0 Å². The predicted molar refractivity (Wildman–Crippen MR) is 113 cm³/mol. The lowest BCUT2D eigenvalue weighted by Gasteiger charge is -2.10. The summed E-state index contributed by atoms with van der Waals surface area (Å²) >= 11 is 0. The zero-order chi connectivity index (χ0) is 21.6. The smallest absolute Gasteiger partial charge is 0.367 e. The van der Waals surface area contributed by atoms with Crippen LogP contribution in [0, 0.1) is 0 Å². The molecule has 0 bridgehead atoms. The Labute approximate surface area is 176 Å². The summed E-state index contributed by atoms with van der Waals surface area (Å²) in [4.78, 5) is 15.5. The first-order valence-corrected chi connectivity index (χ1v) is 12.9. The summed E-state index contributed by atoms with van der Waals surface area (Å²) < 4.78 is 34.9. The molecule has 0 aromatic carbocycles. The Balaban J connectivity index is 3.31. The maximum atomic E-state index is 12.1. The lowest BCUT2D eigenvalue weighted by atomic mass is 10.0. The van der Waals surface area contributed by atoms with Crippen LogP contribution in [0.2, 0.25) is 0 Å². The summed E-state index contributed by atoms with van der Waals surface area (Å²) in [5.41, 5.74) is 0. The van der Waals surface area contributed by atoms with Gasteiger partial charge in [-0.1, -0.05) is 114 Å². The lowest BCUT2D eigenvalue weighted by molar-refractivity contribution is -0.219. The SMILES string of the molecule is CCCCCCCCCCCCCCCCCCCC(=O)OP(=O)(OF)OOC. The summed E-state index contributed by atoms with van der Waals surface area (Å²) in [6.07, 6.45) is 21.3.